The van der Waals surface area contributed by atoms with Crippen LogP contribution in [-0.2, 0) is 9.84 Å². The lowest BCUT2D eigenvalue weighted by Crippen LogP contribution is -2.19. The standard InChI is InChI=1S/C16H20O2S/c1-4-5-7-12-16(13-14(2)3)19(17,18)15-10-8-6-9-11-15/h6,8-11,13,16H,4,12H2,1-3H3. The molecule has 0 aromatic heterocycles. The number of allylic oxidation sites excluding steroid dienone is 1. The predicted octanol–water partition coefficient (Wildman–Crippen LogP) is 3.60. The molecule has 0 fully saturated rings. The van der Waals surface area contributed by atoms with E-state index < -0.39 is 15.1 Å². The van der Waals surface area contributed by atoms with E-state index in [9.17, 15) is 8.42 Å². The van der Waals surface area contributed by atoms with Crippen molar-refractivity contribution < 1.29 is 8.42 Å². The van der Waals surface area contributed by atoms with Crippen LogP contribution in [0.15, 0.2) is 46.9 Å². The van der Waals surface area contributed by atoms with Gasteiger partial charge in [-0.3, -0.25) is 0 Å². The zero-order valence-electron chi connectivity index (χ0n) is 11.7. The van der Waals surface area contributed by atoms with Crippen LogP contribution in [0.4, 0.5) is 0 Å². The Labute approximate surface area is 116 Å². The maximum atomic E-state index is 12.5. The van der Waals surface area contributed by atoms with Crippen LogP contribution >= 0.6 is 0 Å². The quantitative estimate of drug-likeness (QED) is 0.622. The summed E-state index contributed by atoms with van der Waals surface area (Å²) in [5, 5.41) is -0.570. The highest BCUT2D eigenvalue weighted by molar-refractivity contribution is 7.92. The smallest absolute Gasteiger partial charge is 0.185 e. The molecule has 0 aliphatic heterocycles. The van der Waals surface area contributed by atoms with Gasteiger partial charge in [-0.15, -0.1) is 11.8 Å². The largest absolute Gasteiger partial charge is 0.223 e. The Bertz CT molecular complexity index is 583. The molecule has 0 heterocycles. The maximum Gasteiger partial charge on any atom is 0.185 e. The Balaban J connectivity index is 3.13. The Hall–Kier alpha value is -1.53. The van der Waals surface area contributed by atoms with Crippen molar-refractivity contribution in [3.8, 4) is 11.8 Å². The van der Waals surface area contributed by atoms with E-state index in [-0.39, 0.29) is 0 Å². The minimum absolute atomic E-state index is 0.343. The zero-order chi connectivity index (χ0) is 14.3. The van der Waals surface area contributed by atoms with Gasteiger partial charge in [0.15, 0.2) is 9.84 Å². The molecule has 0 amide bonds. The summed E-state index contributed by atoms with van der Waals surface area (Å²) in [6, 6.07) is 8.56. The Morgan fingerprint density at radius 1 is 1.21 bits per heavy atom. The van der Waals surface area contributed by atoms with Gasteiger partial charge in [-0.1, -0.05) is 36.8 Å². The molecule has 0 aliphatic carbocycles. The molecule has 0 spiro atoms. The molecule has 1 aromatic carbocycles. The second-order valence-corrected chi connectivity index (χ2v) is 6.72. The summed E-state index contributed by atoms with van der Waals surface area (Å²) in [6.07, 6.45) is 2.87. The summed E-state index contributed by atoms with van der Waals surface area (Å²) in [6.45, 7) is 5.76. The summed E-state index contributed by atoms with van der Waals surface area (Å²) >= 11 is 0. The summed E-state index contributed by atoms with van der Waals surface area (Å²) in [5.74, 6) is 5.87. The summed E-state index contributed by atoms with van der Waals surface area (Å²) < 4.78 is 25.1. The molecule has 0 saturated carbocycles. The van der Waals surface area contributed by atoms with Crippen LogP contribution in [0.2, 0.25) is 0 Å². The molecule has 102 valence electrons. The molecule has 0 radical (unpaired) electrons. The fourth-order valence-electron chi connectivity index (χ4n) is 1.71. The molecule has 1 rings (SSSR count). The molecular formula is C16H20O2S. The van der Waals surface area contributed by atoms with Crippen LogP contribution in [0.3, 0.4) is 0 Å². The van der Waals surface area contributed by atoms with Gasteiger partial charge in [0.05, 0.1) is 10.1 Å². The first-order valence-electron chi connectivity index (χ1n) is 6.38. The third-order valence-corrected chi connectivity index (χ3v) is 4.62. The molecule has 1 unspecified atom stereocenters. The van der Waals surface area contributed by atoms with Crippen LogP contribution in [0, 0.1) is 11.8 Å². The van der Waals surface area contributed by atoms with Gasteiger partial charge < -0.3 is 0 Å². The van der Waals surface area contributed by atoms with Gasteiger partial charge in [-0.05, 0) is 26.0 Å². The average Bonchev–Trinajstić information content (AvgIpc) is 2.38. The van der Waals surface area contributed by atoms with Crippen molar-refractivity contribution in [3.63, 3.8) is 0 Å². The van der Waals surface area contributed by atoms with Crippen LogP contribution in [0.1, 0.15) is 33.6 Å². The van der Waals surface area contributed by atoms with Crippen molar-refractivity contribution in [1.29, 1.82) is 0 Å². The van der Waals surface area contributed by atoms with E-state index in [1.165, 1.54) is 0 Å². The van der Waals surface area contributed by atoms with Gasteiger partial charge >= 0.3 is 0 Å². The monoisotopic (exact) mass is 276 g/mol. The first-order chi connectivity index (χ1) is 8.98. The van der Waals surface area contributed by atoms with Crippen molar-refractivity contribution in [2.24, 2.45) is 0 Å². The fraction of sp³-hybridized carbons (Fsp3) is 0.375. The highest BCUT2D eigenvalue weighted by atomic mass is 32.2. The van der Waals surface area contributed by atoms with E-state index in [2.05, 4.69) is 11.8 Å². The minimum Gasteiger partial charge on any atom is -0.223 e. The van der Waals surface area contributed by atoms with Gasteiger partial charge in [-0.25, -0.2) is 8.42 Å². The third kappa shape index (κ3) is 4.57. The van der Waals surface area contributed by atoms with E-state index in [1.54, 1.807) is 30.3 Å². The van der Waals surface area contributed by atoms with Crippen molar-refractivity contribution >= 4 is 9.84 Å². The molecule has 0 aliphatic rings. The van der Waals surface area contributed by atoms with Gasteiger partial charge in [-0.2, -0.15) is 0 Å². The lowest BCUT2D eigenvalue weighted by Gasteiger charge is -2.12. The summed E-state index contributed by atoms with van der Waals surface area (Å²) in [5.41, 5.74) is 0.989. The van der Waals surface area contributed by atoms with Gasteiger partial charge in [0.25, 0.3) is 0 Å². The highest BCUT2D eigenvalue weighted by Gasteiger charge is 2.24. The molecule has 19 heavy (non-hydrogen) atoms. The van der Waals surface area contributed by atoms with E-state index in [0.29, 0.717) is 11.3 Å². The lowest BCUT2D eigenvalue weighted by atomic mass is 10.2. The molecule has 1 atom stereocenters. The minimum atomic E-state index is -3.36. The third-order valence-electron chi connectivity index (χ3n) is 2.59. The fourth-order valence-corrected chi connectivity index (χ4v) is 3.35. The van der Waals surface area contributed by atoms with Crippen LogP contribution in [0.5, 0.6) is 0 Å². The van der Waals surface area contributed by atoms with E-state index in [0.717, 1.165) is 12.0 Å². The Morgan fingerprint density at radius 2 is 1.84 bits per heavy atom. The van der Waals surface area contributed by atoms with Crippen molar-refractivity contribution in [2.45, 2.75) is 43.8 Å². The van der Waals surface area contributed by atoms with E-state index in [1.807, 2.05) is 26.8 Å². The first kappa shape index (κ1) is 15.5. The first-order valence-corrected chi connectivity index (χ1v) is 7.92. The van der Waals surface area contributed by atoms with Gasteiger partial charge in [0.1, 0.15) is 0 Å². The zero-order valence-corrected chi connectivity index (χ0v) is 12.5. The number of sulfone groups is 1. The molecule has 3 heteroatoms. The number of hydrogen-bond donors (Lipinski definition) is 0. The van der Waals surface area contributed by atoms with Gasteiger partial charge in [0.2, 0.25) is 0 Å². The predicted molar refractivity (Wildman–Crippen MR) is 79.5 cm³/mol. The molecular weight excluding hydrogens is 256 g/mol. The van der Waals surface area contributed by atoms with Gasteiger partial charge in [0, 0.05) is 12.8 Å². The van der Waals surface area contributed by atoms with Crippen molar-refractivity contribution in [1.82, 2.24) is 0 Å². The summed E-state index contributed by atoms with van der Waals surface area (Å²) in [7, 11) is -3.36. The van der Waals surface area contributed by atoms with Crippen molar-refractivity contribution in [2.75, 3.05) is 0 Å². The molecule has 0 bridgehead atoms. The van der Waals surface area contributed by atoms with Crippen LogP contribution in [0.25, 0.3) is 0 Å². The second-order valence-electron chi connectivity index (χ2n) is 4.55. The van der Waals surface area contributed by atoms with Crippen LogP contribution < -0.4 is 0 Å². The molecule has 1 aromatic rings. The topological polar surface area (TPSA) is 34.1 Å². The average molecular weight is 276 g/mol. The number of rotatable bonds is 4. The van der Waals surface area contributed by atoms with E-state index >= 15 is 0 Å². The molecule has 0 saturated heterocycles. The normalized spacial score (nSPS) is 12.2. The Morgan fingerprint density at radius 3 is 2.37 bits per heavy atom. The van der Waals surface area contributed by atoms with Crippen LogP contribution in [-0.4, -0.2) is 13.7 Å². The number of hydrogen-bond acceptors (Lipinski definition) is 2. The van der Waals surface area contributed by atoms with E-state index in [4.69, 9.17) is 0 Å². The maximum absolute atomic E-state index is 12.5. The molecule has 0 N–H and O–H groups in total. The summed E-state index contributed by atoms with van der Waals surface area (Å²) in [4.78, 5) is 0.357. The lowest BCUT2D eigenvalue weighted by molar-refractivity contribution is 0.588. The number of benzene rings is 1. The second kappa shape index (κ2) is 7.16. The molecule has 2 nitrogen and oxygen atoms in total. The SMILES string of the molecule is CCC#CCC(C=C(C)C)S(=O)(=O)c1ccccc1. The highest BCUT2D eigenvalue weighted by Crippen LogP contribution is 2.20. The van der Waals surface area contributed by atoms with Crippen molar-refractivity contribution in [3.05, 3.63) is 42.0 Å². The Kier molecular flexibility index (Phi) is 5.85.